The predicted molar refractivity (Wildman–Crippen MR) is 323 cm³/mol. The van der Waals surface area contributed by atoms with Crippen molar-refractivity contribution in [3.8, 4) is 0 Å². The van der Waals surface area contributed by atoms with Gasteiger partial charge in [-0.05, 0) is 0 Å². The van der Waals surface area contributed by atoms with E-state index >= 15 is 0 Å². The van der Waals surface area contributed by atoms with Crippen LogP contribution in [0.25, 0.3) is 0 Å². The van der Waals surface area contributed by atoms with Crippen molar-refractivity contribution in [2.75, 3.05) is 0 Å². The van der Waals surface area contributed by atoms with Crippen LogP contribution in [0, 0.1) is 50.6 Å². The average molecular weight is 1250 g/mol. The molecule has 0 unspecified atom stereocenters. The molecule has 0 saturated carbocycles. The standard InChI is InChI=1S/5HNO3.39Na.39H/c5*2-1(3)4;;;;;;;;;;;;;;;;;;;;;;;;;;;;;;;;;;;;;;;;;;;;;;;;;;;;;;;;;;;;;;;;;;;;;;;;;;;;;;/h5*(H,2,3,4);;;;;;;;;;;;;;;;;;;;;;;;;;;;;;;;;;;;;;;;;;;;;;;;;;;;;;;;;;;;;;;;;;;;;;;;;;;;;;. The molecule has 0 aliphatic rings. The molecule has 0 heterocycles. The second kappa shape index (κ2) is 315. The summed E-state index contributed by atoms with van der Waals surface area (Å²) in [6, 6.07) is 0. The zero-order valence-corrected chi connectivity index (χ0v) is 8.55. The van der Waals surface area contributed by atoms with Crippen LogP contribution in [0.5, 0.6) is 0 Å². The summed E-state index contributed by atoms with van der Waals surface area (Å²) >= 11 is 0. The summed E-state index contributed by atoms with van der Waals surface area (Å²) in [4.78, 5) is 41.8. The van der Waals surface area contributed by atoms with Gasteiger partial charge in [0.25, 0.3) is 25.4 Å². The summed E-state index contributed by atoms with van der Waals surface area (Å²) in [6.07, 6.45) is 0. The molecule has 59 heteroatoms. The molecule has 20 nitrogen and oxygen atoms in total. The van der Waals surface area contributed by atoms with E-state index in [1.54, 1.807) is 0 Å². The average Bonchev–Trinajstić information content (AvgIpc) is 1.94. The molecule has 198 valence electrons. The Bertz CT molecular complexity index is 255. The van der Waals surface area contributed by atoms with Crippen molar-refractivity contribution < 1.29 is 51.5 Å². The molecule has 0 atom stereocenters. The Labute approximate surface area is 1210 Å². The van der Waals surface area contributed by atoms with Crippen LogP contribution < -0.4 is 0 Å². The number of nitrogens with zero attached hydrogens (tertiary/aromatic N) is 5. The van der Waals surface area contributed by atoms with E-state index in [9.17, 15) is 0 Å². The van der Waals surface area contributed by atoms with Gasteiger partial charge >= 0.3 is 1150 Å². The Kier molecular flexibility index (Phi) is 1740. The van der Waals surface area contributed by atoms with Crippen molar-refractivity contribution >= 4 is 1150 Å². The van der Waals surface area contributed by atoms with Crippen LogP contribution in [-0.4, -0.2) is 1200 Å². The summed E-state index contributed by atoms with van der Waals surface area (Å²) in [5, 5.41) is 68.2. The van der Waals surface area contributed by atoms with Crippen molar-refractivity contribution in [3.63, 3.8) is 0 Å². The first-order valence-electron chi connectivity index (χ1n) is 2.83. The van der Waals surface area contributed by atoms with Crippen LogP contribution in [0.15, 0.2) is 0 Å². The fourth-order valence-electron chi connectivity index (χ4n) is 0. The fourth-order valence-corrected chi connectivity index (χ4v) is 0. The van der Waals surface area contributed by atoms with Crippen molar-refractivity contribution in [2.24, 2.45) is 0 Å². The van der Waals surface area contributed by atoms with Gasteiger partial charge < -0.3 is 26.0 Å². The van der Waals surface area contributed by atoms with E-state index in [2.05, 4.69) is 0 Å². The van der Waals surface area contributed by atoms with Crippen molar-refractivity contribution in [3.05, 3.63) is 50.6 Å². The minimum absolute atomic E-state index is 0. The molecule has 0 aliphatic heterocycles. The Morgan fingerprint density at radius 3 is 0.153 bits per heavy atom. The first-order valence-corrected chi connectivity index (χ1v) is 2.83. The van der Waals surface area contributed by atoms with Crippen LogP contribution in [-0.2, 0) is 0 Å². The number of rotatable bonds is 0. The second-order valence-corrected chi connectivity index (χ2v) is 1.19. The molecule has 59 heavy (non-hydrogen) atoms. The van der Waals surface area contributed by atoms with Gasteiger partial charge in [0.1, 0.15) is 0 Å². The SMILES string of the molecule is O=[N+]([O-])O.O=[N+]([O-])O.O=[N+]([O-])O.O=[N+]([O-])O.O=[N+]([O-])O.[NaH].[NaH].[NaH].[NaH].[NaH].[NaH].[NaH].[NaH].[NaH].[NaH].[NaH].[NaH].[NaH].[NaH].[NaH].[NaH].[NaH].[NaH].[NaH].[NaH].[NaH].[NaH].[NaH].[NaH].[NaH].[NaH].[NaH].[NaH].[NaH].[NaH].[NaH].[NaH].[NaH].[NaH].[NaH].[NaH].[NaH].[NaH].[NaH]. The fraction of sp³-hybridized carbons (Fsp3) is 0. The van der Waals surface area contributed by atoms with Gasteiger partial charge in [0, 0.05) is 0 Å². The first-order chi connectivity index (χ1) is 8.66. The molecule has 0 bridgehead atoms. The summed E-state index contributed by atoms with van der Waals surface area (Å²) in [6.45, 7) is 0. The van der Waals surface area contributed by atoms with Gasteiger partial charge in [-0.15, -0.1) is 50.6 Å². The van der Waals surface area contributed by atoms with Crippen LogP contribution in [0.2, 0.25) is 0 Å². The molecule has 0 aromatic carbocycles. The molecule has 0 spiro atoms. The van der Waals surface area contributed by atoms with Gasteiger partial charge in [-0.3, -0.25) is 0 Å². The topological polar surface area (TPSA) is 317 Å². The summed E-state index contributed by atoms with van der Waals surface area (Å²) in [7, 11) is 0. The molecule has 0 aromatic heterocycles. The molecule has 0 amide bonds. The van der Waals surface area contributed by atoms with Crippen molar-refractivity contribution in [1.82, 2.24) is 0 Å². The molecule has 0 fully saturated rings. The molecule has 0 radical (unpaired) electrons. The Hall–Kier alpha value is 35.0. The van der Waals surface area contributed by atoms with E-state index in [4.69, 9.17) is 76.6 Å². The monoisotopic (exact) mass is 1250 g/mol. The molecule has 0 saturated heterocycles. The molecular weight excluding hydrogens is 1210 g/mol. The maximum atomic E-state index is 8.36. The molecular formula is H44N5Na39O15. The number of hydrogen-bond donors (Lipinski definition) is 5. The van der Waals surface area contributed by atoms with E-state index in [1.165, 1.54) is 0 Å². The van der Waals surface area contributed by atoms with Crippen LogP contribution >= 0.6 is 0 Å². The van der Waals surface area contributed by atoms with E-state index in [-0.39, 0.29) is 1150 Å². The van der Waals surface area contributed by atoms with E-state index < -0.39 is 25.4 Å². The predicted octanol–water partition coefficient (Wildman–Crippen LogP) is -27.0. The van der Waals surface area contributed by atoms with Gasteiger partial charge in [0.05, 0.1) is 0 Å². The summed E-state index contributed by atoms with van der Waals surface area (Å²) < 4.78 is 0. The Balaban J connectivity index is -0.000000000974. The van der Waals surface area contributed by atoms with Gasteiger partial charge in [0.2, 0.25) is 0 Å². The summed E-state index contributed by atoms with van der Waals surface area (Å²) in [5.41, 5.74) is 0. The van der Waals surface area contributed by atoms with Gasteiger partial charge in [-0.25, -0.2) is 0 Å². The van der Waals surface area contributed by atoms with E-state index in [1.807, 2.05) is 0 Å². The second-order valence-electron chi connectivity index (χ2n) is 1.19. The Morgan fingerprint density at radius 2 is 0.153 bits per heavy atom. The maximum absolute atomic E-state index is 8.36. The van der Waals surface area contributed by atoms with Crippen LogP contribution in [0.1, 0.15) is 0 Å². The molecule has 0 aliphatic carbocycles. The molecule has 5 N–H and O–H groups in total. The van der Waals surface area contributed by atoms with Crippen LogP contribution in [0.3, 0.4) is 0 Å². The van der Waals surface area contributed by atoms with E-state index in [0.717, 1.165) is 0 Å². The zero-order chi connectivity index (χ0) is 17.9. The Morgan fingerprint density at radius 1 is 0.153 bits per heavy atom. The minimum atomic E-state index is -1.50. The third-order valence-electron chi connectivity index (χ3n) is 0. The third kappa shape index (κ3) is 629. The van der Waals surface area contributed by atoms with E-state index in [0.29, 0.717) is 0 Å². The van der Waals surface area contributed by atoms with Gasteiger partial charge in [0.15, 0.2) is 0 Å². The van der Waals surface area contributed by atoms with Gasteiger partial charge in [-0.1, -0.05) is 0 Å². The van der Waals surface area contributed by atoms with Crippen LogP contribution in [0.4, 0.5) is 0 Å². The van der Waals surface area contributed by atoms with Crippen molar-refractivity contribution in [1.29, 1.82) is 0 Å². The molecule has 0 aromatic rings. The number of hydrogen-bond acceptors (Lipinski definition) is 10. The normalized spacial score (nSPS) is 2.03. The van der Waals surface area contributed by atoms with Gasteiger partial charge in [-0.2, -0.15) is 0 Å². The van der Waals surface area contributed by atoms with Crippen molar-refractivity contribution in [2.45, 2.75) is 0 Å². The third-order valence-corrected chi connectivity index (χ3v) is 0. The zero-order valence-electron chi connectivity index (χ0n) is 8.55. The molecule has 0 rings (SSSR count). The summed E-state index contributed by atoms with van der Waals surface area (Å²) in [5.74, 6) is 0. The first kappa shape index (κ1) is 325. The quantitative estimate of drug-likeness (QED) is 0.0855.